The highest BCUT2D eigenvalue weighted by Gasteiger charge is 2.31. The van der Waals surface area contributed by atoms with Gasteiger partial charge in [0.05, 0.1) is 12.7 Å². The summed E-state index contributed by atoms with van der Waals surface area (Å²) in [4.78, 5) is 39.4. The van der Waals surface area contributed by atoms with Gasteiger partial charge in [-0.1, -0.05) is 0 Å². The van der Waals surface area contributed by atoms with Crippen molar-refractivity contribution in [3.8, 4) is 5.00 Å². The van der Waals surface area contributed by atoms with Gasteiger partial charge in [0, 0.05) is 23.3 Å². The van der Waals surface area contributed by atoms with Crippen LogP contribution in [0.2, 0.25) is 0 Å². The van der Waals surface area contributed by atoms with E-state index in [1.165, 1.54) is 30.4 Å². The number of esters is 1. The van der Waals surface area contributed by atoms with E-state index in [0.29, 0.717) is 11.1 Å². The number of aromatic nitrogens is 1. The first-order valence-corrected chi connectivity index (χ1v) is 10.0. The van der Waals surface area contributed by atoms with E-state index in [9.17, 15) is 14.4 Å². The summed E-state index contributed by atoms with van der Waals surface area (Å²) in [5.74, 6) is -1.38. The summed E-state index contributed by atoms with van der Waals surface area (Å²) in [6.45, 7) is 7.63. The Labute approximate surface area is 177 Å². The van der Waals surface area contributed by atoms with Crippen LogP contribution < -0.4 is 5.32 Å². The third-order valence-electron chi connectivity index (χ3n) is 5.03. The largest absolute Gasteiger partial charge is 0.465 e. The number of amides is 2. The van der Waals surface area contributed by atoms with Gasteiger partial charge in [0.1, 0.15) is 10.6 Å². The summed E-state index contributed by atoms with van der Waals surface area (Å²) in [5, 5.41) is 3.34. The number of thiophene rings is 1. The number of rotatable bonds is 3. The lowest BCUT2D eigenvalue weighted by Gasteiger charge is -2.25. The molecule has 7 nitrogen and oxygen atoms in total. The molecule has 1 N–H and O–H groups in total. The lowest BCUT2D eigenvalue weighted by Crippen LogP contribution is -2.52. The predicted molar refractivity (Wildman–Crippen MR) is 115 cm³/mol. The number of methoxy groups -OCH3 is 1. The van der Waals surface area contributed by atoms with Crippen LogP contribution in [0.15, 0.2) is 11.6 Å². The molecule has 1 saturated heterocycles. The van der Waals surface area contributed by atoms with Crippen LogP contribution in [0.3, 0.4) is 0 Å². The lowest BCUT2D eigenvalue weighted by atomic mass is 10.1. The van der Waals surface area contributed by atoms with Gasteiger partial charge in [-0.05, 0) is 63.2 Å². The average molecular weight is 432 g/mol. The number of nitrogens with one attached hydrogen (secondary N) is 1. The van der Waals surface area contributed by atoms with Crippen molar-refractivity contribution < 1.29 is 19.1 Å². The van der Waals surface area contributed by atoms with Gasteiger partial charge in [0.25, 0.3) is 11.8 Å². The van der Waals surface area contributed by atoms with Gasteiger partial charge >= 0.3 is 5.97 Å². The number of ether oxygens (including phenoxy) is 1. The van der Waals surface area contributed by atoms with Crippen molar-refractivity contribution in [3.05, 3.63) is 44.6 Å². The fourth-order valence-corrected chi connectivity index (χ4v) is 4.69. The number of likely N-dealkylation sites (N-methyl/N-ethyl adjacent to an activating group) is 1. The van der Waals surface area contributed by atoms with Crippen LogP contribution in [0.4, 0.5) is 0 Å². The molecule has 2 aromatic heterocycles. The molecule has 3 rings (SSSR count). The summed E-state index contributed by atoms with van der Waals surface area (Å²) in [6, 6.07) is 1.88. The number of thiocarbonyl (C=S) groups is 1. The molecule has 0 unspecified atom stereocenters. The van der Waals surface area contributed by atoms with Gasteiger partial charge in [-0.15, -0.1) is 11.3 Å². The van der Waals surface area contributed by atoms with Crippen LogP contribution >= 0.6 is 23.6 Å². The molecule has 3 heterocycles. The molecule has 0 atom stereocenters. The summed E-state index contributed by atoms with van der Waals surface area (Å²) in [7, 11) is 2.87. The number of carbonyl (C=O) groups is 3. The molecule has 29 heavy (non-hydrogen) atoms. The molecular weight excluding hydrogens is 410 g/mol. The normalized spacial score (nSPS) is 15.9. The van der Waals surface area contributed by atoms with Gasteiger partial charge in [0.15, 0.2) is 5.11 Å². The van der Waals surface area contributed by atoms with Crippen molar-refractivity contribution in [2.24, 2.45) is 0 Å². The van der Waals surface area contributed by atoms with Crippen molar-refractivity contribution >= 4 is 52.5 Å². The van der Waals surface area contributed by atoms with Crippen molar-refractivity contribution in [1.82, 2.24) is 14.8 Å². The number of aryl methyl sites for hydroxylation is 2. The van der Waals surface area contributed by atoms with E-state index in [2.05, 4.69) is 5.32 Å². The number of nitrogens with zero attached hydrogens (tertiary/aromatic N) is 2. The van der Waals surface area contributed by atoms with Crippen LogP contribution in [0, 0.1) is 27.7 Å². The SMILES string of the molecule is COC(=O)c1c(-n2c(C)cc(/C=C3/C(=O)NC(=S)N(C)C3=O)c2C)sc(C)c1C. The molecule has 0 aromatic carbocycles. The van der Waals surface area contributed by atoms with E-state index in [4.69, 9.17) is 17.0 Å². The van der Waals surface area contributed by atoms with Crippen LogP contribution in [0.25, 0.3) is 11.1 Å². The van der Waals surface area contributed by atoms with Crippen LogP contribution in [-0.2, 0) is 14.3 Å². The zero-order valence-corrected chi connectivity index (χ0v) is 18.6. The second-order valence-electron chi connectivity index (χ2n) is 6.80. The van der Waals surface area contributed by atoms with Crippen molar-refractivity contribution in [2.45, 2.75) is 27.7 Å². The monoisotopic (exact) mass is 431 g/mol. The first-order chi connectivity index (χ1) is 13.6. The fraction of sp³-hybridized carbons (Fsp3) is 0.300. The van der Waals surface area contributed by atoms with E-state index in [0.717, 1.165) is 26.8 Å². The molecule has 1 aliphatic rings. The van der Waals surface area contributed by atoms with Gasteiger partial charge in [0.2, 0.25) is 0 Å². The van der Waals surface area contributed by atoms with E-state index in [-0.39, 0.29) is 10.7 Å². The predicted octanol–water partition coefficient (Wildman–Crippen LogP) is 2.82. The Morgan fingerprint density at radius 3 is 2.52 bits per heavy atom. The van der Waals surface area contributed by atoms with Crippen LogP contribution in [-0.4, -0.2) is 46.5 Å². The molecule has 0 radical (unpaired) electrons. The lowest BCUT2D eigenvalue weighted by molar-refractivity contribution is -0.128. The first kappa shape index (κ1) is 20.9. The summed E-state index contributed by atoms with van der Waals surface area (Å²) < 4.78 is 6.93. The fourth-order valence-electron chi connectivity index (χ4n) is 3.26. The highest BCUT2D eigenvalue weighted by Crippen LogP contribution is 2.35. The number of hydrogen-bond acceptors (Lipinski definition) is 6. The zero-order valence-electron chi connectivity index (χ0n) is 17.0. The second-order valence-corrected chi connectivity index (χ2v) is 8.39. The Hall–Kier alpha value is -2.78. The zero-order chi connectivity index (χ0) is 21.6. The van der Waals surface area contributed by atoms with Gasteiger partial charge in [-0.2, -0.15) is 0 Å². The van der Waals surface area contributed by atoms with E-state index in [1.807, 2.05) is 38.3 Å². The third-order valence-corrected chi connectivity index (χ3v) is 6.60. The minimum Gasteiger partial charge on any atom is -0.465 e. The Morgan fingerprint density at radius 2 is 1.90 bits per heavy atom. The van der Waals surface area contributed by atoms with Crippen LogP contribution in [0.5, 0.6) is 0 Å². The molecule has 1 aliphatic heterocycles. The molecule has 0 saturated carbocycles. The first-order valence-electron chi connectivity index (χ1n) is 8.81. The summed E-state index contributed by atoms with van der Waals surface area (Å²) in [5.41, 5.74) is 3.79. The smallest absolute Gasteiger partial charge is 0.341 e. The average Bonchev–Trinajstić information content (AvgIpc) is 3.11. The maximum absolute atomic E-state index is 12.5. The standard InChI is InChI=1S/C20H21N3O4S2/c1-9-7-13(8-14-16(24)21-20(28)22(5)17(14)25)11(3)23(9)18-15(19(26)27-6)10(2)12(4)29-18/h7-8H,1-6H3,(H,21,24,28)/b14-8-. The van der Waals surface area contributed by atoms with Gasteiger partial charge in [-0.3, -0.25) is 19.8 Å². The minimum atomic E-state index is -0.527. The minimum absolute atomic E-state index is 0.00748. The number of carbonyl (C=O) groups excluding carboxylic acids is 3. The quantitative estimate of drug-likeness (QED) is 0.350. The van der Waals surface area contributed by atoms with E-state index >= 15 is 0 Å². The summed E-state index contributed by atoms with van der Waals surface area (Å²) in [6.07, 6.45) is 1.56. The van der Waals surface area contributed by atoms with Gasteiger partial charge < -0.3 is 9.30 Å². The molecule has 9 heteroatoms. The van der Waals surface area contributed by atoms with Crippen LogP contribution in [0.1, 0.15) is 37.7 Å². The van der Waals surface area contributed by atoms with E-state index in [1.54, 1.807) is 6.08 Å². The Balaban J connectivity index is 2.16. The molecule has 0 bridgehead atoms. The molecule has 0 aliphatic carbocycles. The molecule has 1 fully saturated rings. The van der Waals surface area contributed by atoms with Crippen molar-refractivity contribution in [1.29, 1.82) is 0 Å². The Morgan fingerprint density at radius 1 is 1.24 bits per heavy atom. The highest BCUT2D eigenvalue weighted by molar-refractivity contribution is 7.80. The van der Waals surface area contributed by atoms with E-state index < -0.39 is 17.8 Å². The third kappa shape index (κ3) is 3.40. The molecule has 2 amide bonds. The van der Waals surface area contributed by atoms with Crippen molar-refractivity contribution in [2.75, 3.05) is 14.2 Å². The number of hydrogen-bond donors (Lipinski definition) is 1. The molecule has 0 spiro atoms. The summed E-state index contributed by atoms with van der Waals surface area (Å²) >= 11 is 6.48. The Kier molecular flexibility index (Phi) is 5.46. The maximum atomic E-state index is 12.5. The Bertz CT molecular complexity index is 1110. The topological polar surface area (TPSA) is 80.6 Å². The molecule has 152 valence electrons. The highest BCUT2D eigenvalue weighted by atomic mass is 32.1. The van der Waals surface area contributed by atoms with Gasteiger partial charge in [-0.25, -0.2) is 4.79 Å². The van der Waals surface area contributed by atoms with Crippen molar-refractivity contribution in [3.63, 3.8) is 0 Å². The molecule has 2 aromatic rings. The molecular formula is C20H21N3O4S2. The maximum Gasteiger partial charge on any atom is 0.341 e. The second kappa shape index (κ2) is 7.57.